The van der Waals surface area contributed by atoms with Gasteiger partial charge in [0, 0.05) is 25.5 Å². The van der Waals surface area contributed by atoms with Gasteiger partial charge in [-0.25, -0.2) is 4.79 Å². The van der Waals surface area contributed by atoms with E-state index in [0.717, 1.165) is 28.3 Å². The fourth-order valence-electron chi connectivity index (χ4n) is 3.41. The zero-order chi connectivity index (χ0) is 21.5. The molecule has 6 nitrogen and oxygen atoms in total. The molecule has 0 bridgehead atoms. The number of halogens is 1. The lowest BCUT2D eigenvalue weighted by Crippen LogP contribution is -2.44. The van der Waals surface area contributed by atoms with Gasteiger partial charge in [0.15, 0.2) is 0 Å². The molecule has 1 heterocycles. The number of rotatable bonds is 9. The fraction of sp³-hybridized carbons (Fsp3) is 0.348. The number of nitrogens with zero attached hydrogens (tertiary/aromatic N) is 3. The number of aromatic nitrogens is 2. The van der Waals surface area contributed by atoms with E-state index in [4.69, 9.17) is 0 Å². The van der Waals surface area contributed by atoms with Crippen molar-refractivity contribution in [3.8, 4) is 0 Å². The molecular weight excluding hydrogens is 446 g/mol. The first-order chi connectivity index (χ1) is 14.5. The van der Waals surface area contributed by atoms with E-state index < -0.39 is 11.2 Å². The highest BCUT2D eigenvalue weighted by molar-refractivity contribution is 9.09. The number of likely N-dealkylation sites (N-methyl/N-ethyl adjacent to an activating group) is 1. The molecule has 3 rings (SSSR count). The maximum atomic E-state index is 13.1. The van der Waals surface area contributed by atoms with E-state index >= 15 is 0 Å². The van der Waals surface area contributed by atoms with Crippen LogP contribution >= 0.6 is 15.9 Å². The number of fused-ring (bicyclic) bond motifs is 1. The Morgan fingerprint density at radius 2 is 1.67 bits per heavy atom. The van der Waals surface area contributed by atoms with Gasteiger partial charge >= 0.3 is 5.69 Å². The van der Waals surface area contributed by atoms with E-state index in [1.165, 1.54) is 0 Å². The van der Waals surface area contributed by atoms with E-state index in [9.17, 15) is 14.4 Å². The Hall–Kier alpha value is -2.67. The number of carbonyl (C=O) groups excluding carboxylic acids is 1. The number of carbonyl (C=O) groups is 1. The lowest BCUT2D eigenvalue weighted by Gasteiger charge is -2.19. The van der Waals surface area contributed by atoms with Crippen molar-refractivity contribution in [1.82, 2.24) is 14.0 Å². The Morgan fingerprint density at radius 3 is 2.40 bits per heavy atom. The molecule has 0 fully saturated rings. The Morgan fingerprint density at radius 1 is 0.967 bits per heavy atom. The summed E-state index contributed by atoms with van der Waals surface area (Å²) in [4.78, 5) is 40.3. The second-order valence-corrected chi connectivity index (χ2v) is 8.08. The first kappa shape index (κ1) is 22.0. The molecule has 1 amide bonds. The van der Waals surface area contributed by atoms with Crippen LogP contribution in [-0.2, 0) is 24.3 Å². The Balaban J connectivity index is 1.84. The topological polar surface area (TPSA) is 64.3 Å². The minimum absolute atomic E-state index is 0.257. The van der Waals surface area contributed by atoms with Crippen LogP contribution in [0.25, 0.3) is 10.9 Å². The zero-order valence-electron chi connectivity index (χ0n) is 17.1. The number of aryl methyl sites for hydroxylation is 1. The number of hydrogen-bond acceptors (Lipinski definition) is 3. The molecule has 0 atom stereocenters. The summed E-state index contributed by atoms with van der Waals surface area (Å²) in [5, 5.41) is 1.31. The van der Waals surface area contributed by atoms with Crippen LogP contribution in [0.5, 0.6) is 0 Å². The minimum atomic E-state index is -0.432. The number of benzene rings is 2. The average Bonchev–Trinajstić information content (AvgIpc) is 2.78. The van der Waals surface area contributed by atoms with Gasteiger partial charge in [-0.05, 0) is 37.0 Å². The smallest absolute Gasteiger partial charge is 0.331 e. The van der Waals surface area contributed by atoms with E-state index in [-0.39, 0.29) is 12.5 Å². The third-order valence-corrected chi connectivity index (χ3v) is 5.76. The number of amides is 1. The molecule has 1 aromatic heterocycles. The summed E-state index contributed by atoms with van der Waals surface area (Å²) in [6, 6.07) is 17.0. The van der Waals surface area contributed by atoms with Crippen molar-refractivity contribution in [2.45, 2.75) is 32.4 Å². The van der Waals surface area contributed by atoms with Gasteiger partial charge in [-0.15, -0.1) is 0 Å². The third-order valence-electron chi connectivity index (χ3n) is 5.20. The summed E-state index contributed by atoms with van der Waals surface area (Å²) >= 11 is 3.40. The Labute approximate surface area is 183 Å². The molecule has 158 valence electrons. The van der Waals surface area contributed by atoms with Crippen LogP contribution in [0.4, 0.5) is 0 Å². The third kappa shape index (κ3) is 5.08. The number of para-hydroxylation sites is 1. The van der Waals surface area contributed by atoms with Gasteiger partial charge in [0.1, 0.15) is 6.54 Å². The number of unbranched alkanes of at least 4 members (excludes halogenated alkanes) is 1. The molecule has 7 heteroatoms. The monoisotopic (exact) mass is 471 g/mol. The molecule has 3 aromatic rings. The van der Waals surface area contributed by atoms with Crippen molar-refractivity contribution in [2.24, 2.45) is 0 Å². The summed E-state index contributed by atoms with van der Waals surface area (Å²) in [6.07, 6.45) is 2.44. The lowest BCUT2D eigenvalue weighted by atomic mass is 10.1. The molecule has 0 saturated carbocycles. The van der Waals surface area contributed by atoms with Crippen LogP contribution in [0.1, 0.15) is 18.4 Å². The molecule has 0 aliphatic rings. The molecule has 0 saturated heterocycles. The fourth-order valence-corrected chi connectivity index (χ4v) is 3.81. The average molecular weight is 472 g/mol. The van der Waals surface area contributed by atoms with Crippen LogP contribution in [0.15, 0.2) is 64.2 Å². The molecule has 30 heavy (non-hydrogen) atoms. The molecule has 0 spiro atoms. The van der Waals surface area contributed by atoms with E-state index in [1.54, 1.807) is 34.7 Å². The highest BCUT2D eigenvalue weighted by Crippen LogP contribution is 2.09. The standard InChI is InChI=1S/C23H26BrN3O3/c1-25(16-13-18-9-3-2-4-10-18)21(28)17-27-22(29)19-11-5-6-12-20(19)26(23(27)30)15-8-7-14-24/h2-6,9-12H,7-8,13-17H2,1H3. The maximum Gasteiger partial charge on any atom is 0.331 e. The molecule has 2 aromatic carbocycles. The summed E-state index contributed by atoms with van der Waals surface area (Å²) in [7, 11) is 1.70. The molecule has 0 N–H and O–H groups in total. The largest absolute Gasteiger partial charge is 0.344 e. The van der Waals surface area contributed by atoms with E-state index in [2.05, 4.69) is 15.9 Å². The SMILES string of the molecule is CN(CCc1ccccc1)C(=O)Cn1c(=O)c2ccccc2n(CCCCBr)c1=O. The molecule has 0 aliphatic carbocycles. The van der Waals surface area contributed by atoms with Crippen LogP contribution in [-0.4, -0.2) is 38.9 Å². The van der Waals surface area contributed by atoms with Gasteiger partial charge in [-0.1, -0.05) is 58.4 Å². The molecule has 0 radical (unpaired) electrons. The summed E-state index contributed by atoms with van der Waals surface area (Å²) in [5.41, 5.74) is 0.896. The van der Waals surface area contributed by atoms with Gasteiger partial charge < -0.3 is 4.90 Å². The highest BCUT2D eigenvalue weighted by Gasteiger charge is 2.17. The predicted octanol–water partition coefficient (Wildman–Crippen LogP) is 3.04. The lowest BCUT2D eigenvalue weighted by molar-refractivity contribution is -0.130. The van der Waals surface area contributed by atoms with Crippen molar-refractivity contribution in [3.05, 3.63) is 81.0 Å². The van der Waals surface area contributed by atoms with Gasteiger partial charge in [-0.3, -0.25) is 18.7 Å². The van der Waals surface area contributed by atoms with Crippen LogP contribution in [0.2, 0.25) is 0 Å². The minimum Gasteiger partial charge on any atom is -0.344 e. The number of alkyl halides is 1. The van der Waals surface area contributed by atoms with E-state index in [1.807, 2.05) is 36.4 Å². The van der Waals surface area contributed by atoms with Crippen molar-refractivity contribution in [2.75, 3.05) is 18.9 Å². The van der Waals surface area contributed by atoms with Gasteiger partial charge in [0.25, 0.3) is 5.56 Å². The Kier molecular flexibility index (Phi) is 7.63. The van der Waals surface area contributed by atoms with Crippen LogP contribution < -0.4 is 11.2 Å². The van der Waals surface area contributed by atoms with E-state index in [0.29, 0.717) is 30.4 Å². The van der Waals surface area contributed by atoms with Gasteiger partial charge in [0.05, 0.1) is 10.9 Å². The number of hydrogen-bond donors (Lipinski definition) is 0. The predicted molar refractivity (Wildman–Crippen MR) is 123 cm³/mol. The molecule has 0 aliphatic heterocycles. The van der Waals surface area contributed by atoms with Gasteiger partial charge in [0.2, 0.25) is 5.91 Å². The quantitative estimate of drug-likeness (QED) is 0.355. The first-order valence-corrected chi connectivity index (χ1v) is 11.2. The van der Waals surface area contributed by atoms with Crippen LogP contribution in [0, 0.1) is 0 Å². The second-order valence-electron chi connectivity index (χ2n) is 7.29. The van der Waals surface area contributed by atoms with Crippen LogP contribution in [0.3, 0.4) is 0 Å². The second kappa shape index (κ2) is 10.4. The van der Waals surface area contributed by atoms with Crippen molar-refractivity contribution < 1.29 is 4.79 Å². The Bertz CT molecular complexity index is 1120. The maximum absolute atomic E-state index is 13.1. The van der Waals surface area contributed by atoms with Gasteiger partial charge in [-0.2, -0.15) is 0 Å². The zero-order valence-corrected chi connectivity index (χ0v) is 18.7. The molecular formula is C23H26BrN3O3. The molecule has 0 unspecified atom stereocenters. The first-order valence-electron chi connectivity index (χ1n) is 10.1. The summed E-state index contributed by atoms with van der Waals surface area (Å²) in [6.45, 7) is 0.764. The highest BCUT2D eigenvalue weighted by atomic mass is 79.9. The normalized spacial score (nSPS) is 11.0. The van der Waals surface area contributed by atoms with Crippen molar-refractivity contribution in [3.63, 3.8) is 0 Å². The summed E-state index contributed by atoms with van der Waals surface area (Å²) in [5.74, 6) is -0.257. The summed E-state index contributed by atoms with van der Waals surface area (Å²) < 4.78 is 2.68. The van der Waals surface area contributed by atoms with Crippen molar-refractivity contribution in [1.29, 1.82) is 0 Å². The van der Waals surface area contributed by atoms with Crippen molar-refractivity contribution >= 4 is 32.7 Å².